The number of hydrogen-bond acceptors (Lipinski definition) is 4. The summed E-state index contributed by atoms with van der Waals surface area (Å²) in [7, 11) is 1.85. The maximum Gasteiger partial charge on any atom is 0.125 e. The summed E-state index contributed by atoms with van der Waals surface area (Å²) in [5.74, 6) is 0.910. The zero-order valence-electron chi connectivity index (χ0n) is 7.34. The third-order valence-corrected chi connectivity index (χ3v) is 1.79. The van der Waals surface area contributed by atoms with Crippen molar-refractivity contribution in [3.05, 3.63) is 41.5 Å². The molecule has 0 unspecified atom stereocenters. The summed E-state index contributed by atoms with van der Waals surface area (Å²) in [6, 6.07) is 5.75. The van der Waals surface area contributed by atoms with Crippen LogP contribution in [0.5, 0.6) is 0 Å². The Bertz CT molecular complexity index is 277. The smallest absolute Gasteiger partial charge is 0.125 e. The van der Waals surface area contributed by atoms with Crippen molar-refractivity contribution < 1.29 is 0 Å². The molecule has 2 rings (SSSR count). The van der Waals surface area contributed by atoms with Crippen molar-refractivity contribution in [3.8, 4) is 0 Å². The summed E-state index contributed by atoms with van der Waals surface area (Å²) in [5.41, 5.74) is 1.79. The van der Waals surface area contributed by atoms with E-state index in [2.05, 4.69) is 15.3 Å². The number of thiazole rings is 1. The Kier molecular flexibility index (Phi) is 4.56. The van der Waals surface area contributed by atoms with Crippen LogP contribution in [0.4, 0.5) is 5.82 Å². The van der Waals surface area contributed by atoms with E-state index in [4.69, 9.17) is 0 Å². The van der Waals surface area contributed by atoms with E-state index in [0.29, 0.717) is 0 Å². The molecule has 68 valence electrons. The SMILES string of the molecule is CNc1ccccn1.c1cscn1. The maximum absolute atomic E-state index is 3.99. The summed E-state index contributed by atoms with van der Waals surface area (Å²) in [5, 5.41) is 4.85. The Balaban J connectivity index is 0.000000145. The van der Waals surface area contributed by atoms with E-state index in [1.54, 1.807) is 29.2 Å². The number of anilines is 1. The molecule has 0 saturated carbocycles. The van der Waals surface area contributed by atoms with Gasteiger partial charge in [-0.1, -0.05) is 6.07 Å². The van der Waals surface area contributed by atoms with E-state index in [0.717, 1.165) is 5.82 Å². The molecule has 4 heteroatoms. The fourth-order valence-corrected chi connectivity index (χ4v) is 1.04. The first-order valence-corrected chi connectivity index (χ1v) is 4.78. The highest BCUT2D eigenvalue weighted by Crippen LogP contribution is 1.95. The van der Waals surface area contributed by atoms with Crippen molar-refractivity contribution in [2.24, 2.45) is 0 Å². The second-order valence-electron chi connectivity index (χ2n) is 2.14. The number of aromatic nitrogens is 2. The van der Waals surface area contributed by atoms with E-state index in [1.807, 2.05) is 30.6 Å². The van der Waals surface area contributed by atoms with Gasteiger partial charge in [0.2, 0.25) is 0 Å². The minimum absolute atomic E-state index is 0.910. The average Bonchev–Trinajstić information content (AvgIpc) is 2.77. The van der Waals surface area contributed by atoms with Gasteiger partial charge in [0.1, 0.15) is 5.82 Å². The molecule has 0 aliphatic heterocycles. The first-order chi connectivity index (χ1) is 6.43. The lowest BCUT2D eigenvalue weighted by molar-refractivity contribution is 1.29. The van der Waals surface area contributed by atoms with Crippen LogP contribution in [0.15, 0.2) is 41.5 Å². The number of pyridine rings is 1. The molecule has 3 nitrogen and oxygen atoms in total. The van der Waals surface area contributed by atoms with Crippen LogP contribution in [0.1, 0.15) is 0 Å². The molecular weight excluding hydrogens is 182 g/mol. The molecule has 2 aromatic heterocycles. The normalized spacial score (nSPS) is 8.38. The van der Waals surface area contributed by atoms with Gasteiger partial charge in [-0.2, -0.15) is 0 Å². The van der Waals surface area contributed by atoms with E-state index >= 15 is 0 Å². The van der Waals surface area contributed by atoms with Gasteiger partial charge >= 0.3 is 0 Å². The Morgan fingerprint density at radius 3 is 2.54 bits per heavy atom. The molecule has 1 N–H and O–H groups in total. The third-order valence-electron chi connectivity index (χ3n) is 1.27. The van der Waals surface area contributed by atoms with Crippen molar-refractivity contribution in [2.75, 3.05) is 12.4 Å². The van der Waals surface area contributed by atoms with Crippen LogP contribution in [0.25, 0.3) is 0 Å². The number of hydrogen-bond donors (Lipinski definition) is 1. The van der Waals surface area contributed by atoms with Crippen molar-refractivity contribution >= 4 is 17.2 Å². The summed E-state index contributed by atoms with van der Waals surface area (Å²) >= 11 is 1.60. The Hall–Kier alpha value is -1.42. The molecule has 0 aliphatic rings. The minimum atomic E-state index is 0.910. The highest BCUT2D eigenvalue weighted by atomic mass is 32.1. The molecule has 0 radical (unpaired) electrons. The minimum Gasteiger partial charge on any atom is -0.373 e. The van der Waals surface area contributed by atoms with Gasteiger partial charge in [-0.3, -0.25) is 4.98 Å². The highest BCUT2D eigenvalue weighted by Gasteiger charge is 1.79. The van der Waals surface area contributed by atoms with Crippen LogP contribution in [0.2, 0.25) is 0 Å². The molecule has 0 atom stereocenters. The van der Waals surface area contributed by atoms with Gasteiger partial charge < -0.3 is 5.32 Å². The summed E-state index contributed by atoms with van der Waals surface area (Å²) < 4.78 is 0. The fraction of sp³-hybridized carbons (Fsp3) is 0.111. The van der Waals surface area contributed by atoms with Crippen molar-refractivity contribution in [1.82, 2.24) is 9.97 Å². The van der Waals surface area contributed by atoms with Crippen LogP contribution in [-0.2, 0) is 0 Å². The van der Waals surface area contributed by atoms with Gasteiger partial charge in [-0.15, -0.1) is 11.3 Å². The molecule has 0 fully saturated rings. The quantitative estimate of drug-likeness (QED) is 0.755. The van der Waals surface area contributed by atoms with E-state index in [9.17, 15) is 0 Å². The maximum atomic E-state index is 3.99. The van der Waals surface area contributed by atoms with Crippen LogP contribution in [0, 0.1) is 0 Å². The molecule has 13 heavy (non-hydrogen) atoms. The molecule has 0 saturated heterocycles. The van der Waals surface area contributed by atoms with Gasteiger partial charge in [-0.25, -0.2) is 4.98 Å². The van der Waals surface area contributed by atoms with E-state index in [-0.39, 0.29) is 0 Å². The monoisotopic (exact) mass is 193 g/mol. The van der Waals surface area contributed by atoms with E-state index in [1.165, 1.54) is 0 Å². The molecule has 2 aromatic rings. The number of nitrogens with zero attached hydrogens (tertiary/aromatic N) is 2. The first-order valence-electron chi connectivity index (χ1n) is 3.84. The van der Waals surface area contributed by atoms with Crippen LogP contribution in [-0.4, -0.2) is 17.0 Å². The average molecular weight is 193 g/mol. The Morgan fingerprint density at radius 1 is 1.31 bits per heavy atom. The fourth-order valence-electron chi connectivity index (χ4n) is 0.686. The summed E-state index contributed by atoms with van der Waals surface area (Å²) in [6.45, 7) is 0. The molecule has 0 bridgehead atoms. The van der Waals surface area contributed by atoms with Crippen molar-refractivity contribution in [1.29, 1.82) is 0 Å². The Labute approximate surface area is 81.5 Å². The van der Waals surface area contributed by atoms with Crippen molar-refractivity contribution in [2.45, 2.75) is 0 Å². The van der Waals surface area contributed by atoms with Crippen LogP contribution in [0.3, 0.4) is 0 Å². The molecular formula is C9H11N3S. The summed E-state index contributed by atoms with van der Waals surface area (Å²) in [6.07, 6.45) is 3.52. The van der Waals surface area contributed by atoms with Gasteiger partial charge in [0.25, 0.3) is 0 Å². The first kappa shape index (κ1) is 9.67. The lowest BCUT2D eigenvalue weighted by Crippen LogP contribution is -1.88. The lowest BCUT2D eigenvalue weighted by Gasteiger charge is -1.92. The molecule has 0 aliphatic carbocycles. The van der Waals surface area contributed by atoms with Gasteiger partial charge in [0, 0.05) is 24.8 Å². The second-order valence-corrected chi connectivity index (χ2v) is 2.90. The standard InChI is InChI=1S/C6H8N2.C3H3NS/c1-7-6-4-2-3-5-8-6;1-2-5-3-4-1/h2-5H,1H3,(H,7,8);1-3H. The summed E-state index contributed by atoms with van der Waals surface area (Å²) in [4.78, 5) is 7.73. The topological polar surface area (TPSA) is 37.8 Å². The predicted octanol–water partition coefficient (Wildman–Crippen LogP) is 2.27. The molecule has 0 amide bonds. The molecule has 2 heterocycles. The van der Waals surface area contributed by atoms with Crippen LogP contribution < -0.4 is 5.32 Å². The van der Waals surface area contributed by atoms with Gasteiger partial charge in [0.15, 0.2) is 0 Å². The van der Waals surface area contributed by atoms with E-state index < -0.39 is 0 Å². The number of nitrogens with one attached hydrogen (secondary N) is 1. The molecule has 0 aromatic carbocycles. The van der Waals surface area contributed by atoms with Gasteiger partial charge in [0.05, 0.1) is 5.51 Å². The number of rotatable bonds is 1. The molecule has 0 spiro atoms. The predicted molar refractivity (Wildman–Crippen MR) is 55.9 cm³/mol. The highest BCUT2D eigenvalue weighted by molar-refractivity contribution is 7.07. The Morgan fingerprint density at radius 2 is 2.23 bits per heavy atom. The van der Waals surface area contributed by atoms with Crippen LogP contribution >= 0.6 is 11.3 Å². The largest absolute Gasteiger partial charge is 0.373 e. The third kappa shape index (κ3) is 4.22. The van der Waals surface area contributed by atoms with Gasteiger partial charge in [-0.05, 0) is 12.1 Å². The second kappa shape index (κ2) is 6.14. The zero-order valence-corrected chi connectivity index (χ0v) is 8.16. The van der Waals surface area contributed by atoms with Crippen molar-refractivity contribution in [3.63, 3.8) is 0 Å². The lowest BCUT2D eigenvalue weighted by atomic mass is 10.5. The zero-order chi connectivity index (χ0) is 9.36.